The van der Waals surface area contributed by atoms with E-state index in [0.717, 1.165) is 39.3 Å². The van der Waals surface area contributed by atoms with Crippen molar-refractivity contribution in [1.29, 1.82) is 0 Å². The monoisotopic (exact) mass is 441 g/mol. The molecule has 176 valence electrons. The van der Waals surface area contributed by atoms with Crippen molar-refractivity contribution in [3.8, 4) is 0 Å². The Balaban J connectivity index is 1.75. The molecule has 6 heteroatoms. The van der Waals surface area contributed by atoms with Crippen LogP contribution in [0.4, 0.5) is 0 Å². The molecule has 0 aliphatic carbocycles. The van der Waals surface area contributed by atoms with Gasteiger partial charge in [0.15, 0.2) is 0 Å². The van der Waals surface area contributed by atoms with Crippen LogP contribution in [0.2, 0.25) is 0 Å². The molecule has 0 aliphatic heterocycles. The fourth-order valence-electron chi connectivity index (χ4n) is 4.49. The third kappa shape index (κ3) is 7.35. The second-order valence-corrected chi connectivity index (χ2v) is 9.84. The summed E-state index contributed by atoms with van der Waals surface area (Å²) in [6, 6.07) is 0. The molecule has 0 aliphatic rings. The zero-order valence-corrected chi connectivity index (χ0v) is 20.9. The number of aryl methyl sites for hydroxylation is 3. The molecule has 0 fully saturated rings. The number of hydrogen-bond donors (Lipinski definition) is 0. The number of unbranched alkanes of at least 4 members (excludes halogenated alkanes) is 3. The molecule has 0 N–H and O–H groups in total. The van der Waals surface area contributed by atoms with Crippen molar-refractivity contribution in [2.75, 3.05) is 0 Å². The van der Waals surface area contributed by atoms with Crippen molar-refractivity contribution >= 4 is 0 Å². The van der Waals surface area contributed by atoms with Crippen molar-refractivity contribution in [1.82, 2.24) is 13.7 Å². The van der Waals surface area contributed by atoms with E-state index in [1.807, 2.05) is 0 Å². The van der Waals surface area contributed by atoms with E-state index in [9.17, 15) is 0 Å². The Bertz CT molecular complexity index is 801. The van der Waals surface area contributed by atoms with Gasteiger partial charge in [0.05, 0.1) is 25.0 Å². The van der Waals surface area contributed by atoms with Crippen LogP contribution in [0.25, 0.3) is 0 Å². The van der Waals surface area contributed by atoms with Gasteiger partial charge in [0.25, 0.3) is 0 Å². The van der Waals surface area contributed by atoms with Crippen LogP contribution in [0.1, 0.15) is 66.2 Å². The van der Waals surface area contributed by atoms with Crippen LogP contribution < -0.4 is 13.7 Å². The molecule has 0 aromatic carbocycles. The Morgan fingerprint density at radius 3 is 1.16 bits per heavy atom. The molecule has 3 rings (SSSR count). The van der Waals surface area contributed by atoms with Crippen LogP contribution in [0, 0.1) is 5.41 Å². The predicted molar refractivity (Wildman–Crippen MR) is 127 cm³/mol. The summed E-state index contributed by atoms with van der Waals surface area (Å²) in [6.45, 7) is 15.5. The summed E-state index contributed by atoms with van der Waals surface area (Å²) in [5, 5.41) is 0. The molecule has 32 heavy (non-hydrogen) atoms. The molecule has 0 spiro atoms. The van der Waals surface area contributed by atoms with Crippen LogP contribution >= 0.6 is 0 Å². The van der Waals surface area contributed by atoms with Crippen LogP contribution in [0.15, 0.2) is 56.2 Å². The van der Waals surface area contributed by atoms with Crippen LogP contribution in [0.5, 0.6) is 0 Å². The van der Waals surface area contributed by atoms with Gasteiger partial charge in [-0.2, -0.15) is 0 Å². The molecule has 6 nitrogen and oxygen atoms in total. The number of hydrogen-bond acceptors (Lipinski definition) is 0. The molecule has 0 saturated carbocycles. The quantitative estimate of drug-likeness (QED) is 0.321. The lowest BCUT2D eigenvalue weighted by atomic mass is 9.90. The third-order valence-electron chi connectivity index (χ3n) is 6.24. The minimum absolute atomic E-state index is 0.0881. The minimum Gasteiger partial charge on any atom is -0.237 e. The molecule has 3 heterocycles. The topological polar surface area (TPSA) is 26.4 Å². The smallest absolute Gasteiger partial charge is 0.237 e. The van der Waals surface area contributed by atoms with Crippen molar-refractivity contribution < 1.29 is 13.7 Å². The van der Waals surface area contributed by atoms with E-state index in [1.165, 1.54) is 38.5 Å². The first-order chi connectivity index (χ1) is 15.5. The molecule has 0 saturated heterocycles. The zero-order chi connectivity index (χ0) is 22.8. The first kappa shape index (κ1) is 24.3. The molecule has 3 aromatic rings. The molecular weight excluding hydrogens is 396 g/mol. The van der Waals surface area contributed by atoms with Gasteiger partial charge in [-0.05, 0) is 26.2 Å². The lowest BCUT2D eigenvalue weighted by Gasteiger charge is -2.23. The maximum absolute atomic E-state index is 2.43. The van der Waals surface area contributed by atoms with E-state index in [1.54, 1.807) is 0 Å². The zero-order valence-electron chi connectivity index (χ0n) is 20.9. The van der Waals surface area contributed by atoms with E-state index in [-0.39, 0.29) is 5.41 Å². The lowest BCUT2D eigenvalue weighted by Crippen LogP contribution is -2.55. The molecule has 3 aromatic heterocycles. The first-order valence-corrected chi connectivity index (χ1v) is 12.7. The summed E-state index contributed by atoms with van der Waals surface area (Å²) in [5.41, 5.74) is 0.0881. The summed E-state index contributed by atoms with van der Waals surface area (Å²) in [4.78, 5) is 0. The van der Waals surface area contributed by atoms with Crippen molar-refractivity contribution in [3.05, 3.63) is 56.2 Å². The standard InChI is InChI=1S/C26H45N6/c1-5-8-11-27-14-17-30(23-27)20-26(4,21-31-18-15-28(24-31)12-9-6-2)22-32-19-16-29(25-32)13-10-7-3/h14-19,23-25H,5-13,20-22H2,1-4H3/q+3. The highest BCUT2D eigenvalue weighted by Gasteiger charge is 2.34. The van der Waals surface area contributed by atoms with Gasteiger partial charge < -0.3 is 0 Å². The van der Waals surface area contributed by atoms with Crippen molar-refractivity contribution in [2.45, 2.75) is 105 Å². The Morgan fingerprint density at radius 1 is 0.562 bits per heavy atom. The normalized spacial score (nSPS) is 12.0. The molecule has 0 atom stereocenters. The molecule has 0 unspecified atom stereocenters. The van der Waals surface area contributed by atoms with Crippen molar-refractivity contribution in [3.63, 3.8) is 0 Å². The molecule has 0 radical (unpaired) electrons. The summed E-state index contributed by atoms with van der Waals surface area (Å²) >= 11 is 0. The Morgan fingerprint density at radius 2 is 0.875 bits per heavy atom. The summed E-state index contributed by atoms with van der Waals surface area (Å²) in [7, 11) is 0. The highest BCUT2D eigenvalue weighted by Crippen LogP contribution is 2.18. The van der Waals surface area contributed by atoms with Gasteiger partial charge in [-0.1, -0.05) is 40.0 Å². The highest BCUT2D eigenvalue weighted by molar-refractivity contribution is 4.72. The molecular formula is C26H45N6+3. The van der Waals surface area contributed by atoms with E-state index in [0.29, 0.717) is 0 Å². The van der Waals surface area contributed by atoms with Gasteiger partial charge >= 0.3 is 0 Å². The molecule has 0 bridgehead atoms. The fourth-order valence-corrected chi connectivity index (χ4v) is 4.49. The average Bonchev–Trinajstić information content (AvgIpc) is 3.51. The predicted octanol–water partition coefficient (Wildman–Crippen LogP) is 3.76. The summed E-state index contributed by atoms with van der Waals surface area (Å²) in [6.07, 6.45) is 27.6. The second-order valence-electron chi connectivity index (χ2n) is 9.84. The Hall–Kier alpha value is -2.37. The third-order valence-corrected chi connectivity index (χ3v) is 6.24. The van der Waals surface area contributed by atoms with Gasteiger partial charge in [-0.15, -0.1) is 0 Å². The number of aromatic nitrogens is 6. The second kappa shape index (κ2) is 12.0. The Kier molecular flexibility index (Phi) is 9.12. The first-order valence-electron chi connectivity index (χ1n) is 12.7. The van der Waals surface area contributed by atoms with Gasteiger partial charge in [0.2, 0.25) is 19.0 Å². The van der Waals surface area contributed by atoms with Gasteiger partial charge in [0.1, 0.15) is 56.8 Å². The lowest BCUT2D eigenvalue weighted by molar-refractivity contribution is -0.782. The number of nitrogens with zero attached hydrogens (tertiary/aromatic N) is 6. The summed E-state index contributed by atoms with van der Waals surface area (Å²) in [5.74, 6) is 0. The SMILES string of the molecule is CCCCn1cc[n+](CC(C)(C[n+]2ccn(CCCC)c2)C[n+]2ccn(CCCC)c2)c1. The van der Waals surface area contributed by atoms with Gasteiger partial charge in [-0.3, -0.25) is 0 Å². The van der Waals surface area contributed by atoms with Crippen LogP contribution in [-0.4, -0.2) is 13.7 Å². The maximum atomic E-state index is 2.43. The van der Waals surface area contributed by atoms with Crippen molar-refractivity contribution in [2.24, 2.45) is 5.41 Å². The molecule has 0 amide bonds. The summed E-state index contributed by atoms with van der Waals surface area (Å²) < 4.78 is 14.1. The number of rotatable bonds is 15. The van der Waals surface area contributed by atoms with Gasteiger partial charge in [-0.25, -0.2) is 27.4 Å². The largest absolute Gasteiger partial charge is 0.243 e. The van der Waals surface area contributed by atoms with E-state index >= 15 is 0 Å². The van der Waals surface area contributed by atoms with Gasteiger partial charge in [0, 0.05) is 0 Å². The van der Waals surface area contributed by atoms with Crippen LogP contribution in [0.3, 0.4) is 0 Å². The fraction of sp³-hybridized carbons (Fsp3) is 0.654. The van der Waals surface area contributed by atoms with E-state index in [4.69, 9.17) is 0 Å². The average molecular weight is 442 g/mol. The van der Waals surface area contributed by atoms with Crippen LogP contribution in [-0.2, 0) is 39.3 Å². The van der Waals surface area contributed by atoms with E-state index in [2.05, 4.69) is 111 Å². The number of imidazole rings is 3. The maximum Gasteiger partial charge on any atom is 0.243 e. The Labute approximate surface area is 194 Å². The van der Waals surface area contributed by atoms with E-state index < -0.39 is 0 Å². The highest BCUT2D eigenvalue weighted by atomic mass is 15.2. The minimum atomic E-state index is 0.0881.